The molecule has 2 heterocycles. The summed E-state index contributed by atoms with van der Waals surface area (Å²) in [5.74, 6) is 0.429. The summed E-state index contributed by atoms with van der Waals surface area (Å²) in [6.07, 6.45) is 2.29. The average molecular weight is 338 g/mol. The second-order valence-electron chi connectivity index (χ2n) is 6.31. The number of aromatic nitrogens is 1. The Balaban J connectivity index is 1.71. The molecule has 3 aromatic rings. The third kappa shape index (κ3) is 2.80. The Morgan fingerprint density at radius 1 is 1.32 bits per heavy atom. The first-order valence-corrected chi connectivity index (χ1v) is 8.62. The van der Waals surface area contributed by atoms with Crippen LogP contribution in [0.15, 0.2) is 46.9 Å². The van der Waals surface area contributed by atoms with Gasteiger partial charge in [0.05, 0.1) is 0 Å². The normalized spacial score (nSPS) is 17.4. The number of carbonyl (C=O) groups excluding carboxylic acids is 1. The van der Waals surface area contributed by atoms with E-state index in [1.807, 2.05) is 36.1 Å². The van der Waals surface area contributed by atoms with Crippen LogP contribution in [0.25, 0.3) is 22.2 Å². The molecule has 0 spiro atoms. The Morgan fingerprint density at radius 2 is 2.16 bits per heavy atom. The summed E-state index contributed by atoms with van der Waals surface area (Å²) in [6, 6.07) is 12.1. The van der Waals surface area contributed by atoms with Crippen molar-refractivity contribution in [2.45, 2.75) is 32.2 Å². The molecule has 0 N–H and O–H groups in total. The van der Waals surface area contributed by atoms with Gasteiger partial charge in [0.2, 0.25) is 11.8 Å². The first-order valence-electron chi connectivity index (χ1n) is 8.62. The van der Waals surface area contributed by atoms with Gasteiger partial charge in [0.25, 0.3) is 0 Å². The molecular weight excluding hydrogens is 319 g/mol. The number of amides is 1. The highest BCUT2D eigenvalue weighted by molar-refractivity contribution is 5.81. The largest absolute Gasteiger partial charge is 0.438 e. The van der Waals surface area contributed by atoms with Crippen LogP contribution >= 0.6 is 0 Å². The Hall–Kier alpha value is -2.69. The van der Waals surface area contributed by atoms with Crippen LogP contribution in [0.4, 0.5) is 4.39 Å². The molecule has 0 radical (unpaired) electrons. The standard InChI is InChI=1S/C20H19FN2O2/c1-2-19(24)23-11-5-8-17(23)20-22-16-12-13(9-10-18(16)25-20)14-6-3-4-7-15(14)21/h3-4,6-7,9-10,12,17H,2,5,8,11H2,1H3/t17-/m1/s1. The van der Waals surface area contributed by atoms with Gasteiger partial charge in [-0.05, 0) is 36.6 Å². The first-order chi connectivity index (χ1) is 12.2. The minimum atomic E-state index is -0.263. The SMILES string of the molecule is CCC(=O)N1CCC[C@@H]1c1nc2cc(-c3ccccc3F)ccc2o1. The minimum absolute atomic E-state index is 0.100. The zero-order valence-electron chi connectivity index (χ0n) is 14.0. The lowest BCUT2D eigenvalue weighted by molar-refractivity contribution is -0.132. The third-order valence-corrected chi connectivity index (χ3v) is 4.75. The van der Waals surface area contributed by atoms with E-state index in [4.69, 9.17) is 4.42 Å². The van der Waals surface area contributed by atoms with E-state index in [0.717, 1.165) is 24.9 Å². The van der Waals surface area contributed by atoms with Crippen molar-refractivity contribution >= 4 is 17.0 Å². The van der Waals surface area contributed by atoms with E-state index in [9.17, 15) is 9.18 Å². The second kappa shape index (κ2) is 6.31. The van der Waals surface area contributed by atoms with Crippen molar-refractivity contribution in [2.24, 2.45) is 0 Å². The molecule has 4 rings (SSSR count). The van der Waals surface area contributed by atoms with Gasteiger partial charge in [-0.3, -0.25) is 4.79 Å². The van der Waals surface area contributed by atoms with Gasteiger partial charge in [-0.25, -0.2) is 9.37 Å². The molecule has 0 aliphatic carbocycles. The van der Waals surface area contributed by atoms with E-state index < -0.39 is 0 Å². The summed E-state index contributed by atoms with van der Waals surface area (Å²) in [4.78, 5) is 18.5. The number of hydrogen-bond donors (Lipinski definition) is 0. The maximum Gasteiger partial charge on any atom is 0.222 e. The van der Waals surface area contributed by atoms with Gasteiger partial charge in [0.15, 0.2) is 5.58 Å². The van der Waals surface area contributed by atoms with Crippen LogP contribution in [-0.2, 0) is 4.79 Å². The predicted octanol–water partition coefficient (Wildman–Crippen LogP) is 4.71. The molecule has 1 fully saturated rings. The van der Waals surface area contributed by atoms with Crippen molar-refractivity contribution in [1.82, 2.24) is 9.88 Å². The molecule has 1 aromatic heterocycles. The number of hydrogen-bond acceptors (Lipinski definition) is 3. The van der Waals surface area contributed by atoms with Gasteiger partial charge in [-0.1, -0.05) is 31.2 Å². The summed E-state index contributed by atoms with van der Waals surface area (Å²) >= 11 is 0. The van der Waals surface area contributed by atoms with Crippen molar-refractivity contribution in [1.29, 1.82) is 0 Å². The van der Waals surface area contributed by atoms with Crippen LogP contribution < -0.4 is 0 Å². The maximum absolute atomic E-state index is 14.0. The number of rotatable bonds is 3. The van der Waals surface area contributed by atoms with Gasteiger partial charge >= 0.3 is 0 Å². The number of likely N-dealkylation sites (tertiary alicyclic amines) is 1. The lowest BCUT2D eigenvalue weighted by Crippen LogP contribution is -2.29. The Morgan fingerprint density at radius 3 is 2.96 bits per heavy atom. The molecule has 1 amide bonds. The molecule has 5 heteroatoms. The van der Waals surface area contributed by atoms with E-state index in [1.54, 1.807) is 12.1 Å². The van der Waals surface area contributed by atoms with Crippen molar-refractivity contribution < 1.29 is 13.6 Å². The molecule has 1 aliphatic heterocycles. The number of carbonyl (C=O) groups is 1. The van der Waals surface area contributed by atoms with Crippen molar-refractivity contribution in [3.63, 3.8) is 0 Å². The molecule has 4 nitrogen and oxygen atoms in total. The van der Waals surface area contributed by atoms with Crippen molar-refractivity contribution in [2.75, 3.05) is 6.54 Å². The van der Waals surface area contributed by atoms with Gasteiger partial charge < -0.3 is 9.32 Å². The van der Waals surface area contributed by atoms with E-state index in [1.165, 1.54) is 6.07 Å². The molecule has 2 aromatic carbocycles. The second-order valence-corrected chi connectivity index (χ2v) is 6.31. The molecule has 1 aliphatic rings. The van der Waals surface area contributed by atoms with Gasteiger partial charge in [0, 0.05) is 18.5 Å². The van der Waals surface area contributed by atoms with E-state index in [-0.39, 0.29) is 17.8 Å². The third-order valence-electron chi connectivity index (χ3n) is 4.75. The Bertz CT molecular complexity index is 934. The number of nitrogens with zero attached hydrogens (tertiary/aromatic N) is 2. The highest BCUT2D eigenvalue weighted by Crippen LogP contribution is 2.34. The van der Waals surface area contributed by atoms with E-state index in [0.29, 0.717) is 29.0 Å². The highest BCUT2D eigenvalue weighted by atomic mass is 19.1. The average Bonchev–Trinajstić information content (AvgIpc) is 3.27. The van der Waals surface area contributed by atoms with Crippen LogP contribution in [-0.4, -0.2) is 22.3 Å². The summed E-state index contributed by atoms with van der Waals surface area (Å²) in [6.45, 7) is 2.61. The molecular formula is C20H19FN2O2. The summed E-state index contributed by atoms with van der Waals surface area (Å²) in [5, 5.41) is 0. The summed E-state index contributed by atoms with van der Waals surface area (Å²) < 4.78 is 19.9. The Kier molecular flexibility index (Phi) is 3.99. The molecule has 0 saturated carbocycles. The lowest BCUT2D eigenvalue weighted by atomic mass is 10.0. The zero-order chi connectivity index (χ0) is 17.4. The van der Waals surface area contributed by atoms with Crippen molar-refractivity contribution in [3.8, 4) is 11.1 Å². The first kappa shape index (κ1) is 15.8. The van der Waals surface area contributed by atoms with Crippen LogP contribution in [0.1, 0.15) is 38.1 Å². The predicted molar refractivity (Wildman–Crippen MR) is 93.4 cm³/mol. The van der Waals surface area contributed by atoms with Crippen LogP contribution in [0.3, 0.4) is 0 Å². The number of benzene rings is 2. The topological polar surface area (TPSA) is 46.3 Å². The van der Waals surface area contributed by atoms with Gasteiger partial charge in [-0.15, -0.1) is 0 Å². The van der Waals surface area contributed by atoms with Gasteiger partial charge in [-0.2, -0.15) is 0 Å². The molecule has 1 saturated heterocycles. The van der Waals surface area contributed by atoms with Crippen LogP contribution in [0.5, 0.6) is 0 Å². The zero-order valence-corrected chi connectivity index (χ0v) is 14.0. The smallest absolute Gasteiger partial charge is 0.222 e. The lowest BCUT2D eigenvalue weighted by Gasteiger charge is -2.21. The van der Waals surface area contributed by atoms with Crippen LogP contribution in [0, 0.1) is 5.82 Å². The molecule has 1 atom stereocenters. The minimum Gasteiger partial charge on any atom is -0.438 e. The highest BCUT2D eigenvalue weighted by Gasteiger charge is 2.32. The fourth-order valence-corrected chi connectivity index (χ4v) is 3.48. The van der Waals surface area contributed by atoms with Crippen LogP contribution in [0.2, 0.25) is 0 Å². The summed E-state index contributed by atoms with van der Waals surface area (Å²) in [5.41, 5.74) is 2.65. The number of halogens is 1. The summed E-state index contributed by atoms with van der Waals surface area (Å²) in [7, 11) is 0. The van der Waals surface area contributed by atoms with Gasteiger partial charge in [0.1, 0.15) is 17.4 Å². The molecule has 0 bridgehead atoms. The van der Waals surface area contributed by atoms with E-state index >= 15 is 0 Å². The fourth-order valence-electron chi connectivity index (χ4n) is 3.48. The Labute approximate surface area is 145 Å². The molecule has 0 unspecified atom stereocenters. The fraction of sp³-hybridized carbons (Fsp3) is 0.300. The number of oxazole rings is 1. The van der Waals surface area contributed by atoms with E-state index in [2.05, 4.69) is 4.98 Å². The monoisotopic (exact) mass is 338 g/mol. The number of fused-ring (bicyclic) bond motifs is 1. The quantitative estimate of drug-likeness (QED) is 0.695. The van der Waals surface area contributed by atoms with Crippen molar-refractivity contribution in [3.05, 3.63) is 54.2 Å². The molecule has 128 valence electrons. The maximum atomic E-state index is 14.0. The molecule has 25 heavy (non-hydrogen) atoms.